The molecule has 4 nitrogen and oxygen atoms in total. The van der Waals surface area contributed by atoms with E-state index >= 15 is 0 Å². The van der Waals surface area contributed by atoms with Crippen LogP contribution in [0.4, 0.5) is 28.4 Å². The molecule has 3 aliphatic rings. The van der Waals surface area contributed by atoms with E-state index in [2.05, 4.69) is 235 Å². The monoisotopic (exact) mass is 961 g/mol. The van der Waals surface area contributed by atoms with E-state index in [-0.39, 0.29) is 32.5 Å². The molecule has 0 atom stereocenters. The molecule has 0 unspecified atom stereocenters. The highest BCUT2D eigenvalue weighted by molar-refractivity contribution is 6.73. The summed E-state index contributed by atoms with van der Waals surface area (Å²) in [6.45, 7) is 33.2. The van der Waals surface area contributed by atoms with Crippen molar-refractivity contribution >= 4 is 79.7 Å². The second-order valence-electron chi connectivity index (χ2n) is 26.8. The lowest BCUT2D eigenvalue weighted by Crippen LogP contribution is -2.40. The van der Waals surface area contributed by atoms with E-state index in [4.69, 9.17) is 8.83 Å². The SMILES string of the molecule is CC(C)(C)c1ccc(-c2c3c(cc4c2oc2ccccc24)N(c2ccc(C(C)(C)C)cc2-c2ccccc2)c2c(oc4cc5c(cc24)C(C)(C)CCC5(C)C)B3)c(Nc2ccc3c(c2)C(C)(C)CCC3(C)C)c1. The third-order valence-corrected chi connectivity index (χ3v) is 17.7. The fraction of sp³-hybridized carbons (Fsp3) is 0.353. The zero-order valence-electron chi connectivity index (χ0n) is 45.9. The van der Waals surface area contributed by atoms with Crippen molar-refractivity contribution in [3.05, 3.63) is 161 Å². The van der Waals surface area contributed by atoms with Gasteiger partial charge in [0.15, 0.2) is 0 Å². The molecular formula is C68H73BN2O2. The number of hydrogen-bond acceptors (Lipinski definition) is 4. The summed E-state index contributed by atoms with van der Waals surface area (Å²) in [5.41, 5.74) is 23.4. The Balaban J connectivity index is 1.18. The van der Waals surface area contributed by atoms with Crippen LogP contribution >= 0.6 is 0 Å². The first-order chi connectivity index (χ1) is 34.4. The highest BCUT2D eigenvalue weighted by Crippen LogP contribution is 2.53. The van der Waals surface area contributed by atoms with E-state index < -0.39 is 0 Å². The summed E-state index contributed by atoms with van der Waals surface area (Å²) in [6, 6.07) is 48.3. The first-order valence-corrected chi connectivity index (χ1v) is 27.0. The molecule has 0 amide bonds. The summed E-state index contributed by atoms with van der Waals surface area (Å²) in [6.07, 6.45) is 4.61. The van der Waals surface area contributed by atoms with Crippen molar-refractivity contribution in [2.75, 3.05) is 10.2 Å². The molecule has 7 aromatic carbocycles. The zero-order valence-corrected chi connectivity index (χ0v) is 45.9. The van der Waals surface area contributed by atoms with Crippen LogP contribution < -0.4 is 21.3 Å². The van der Waals surface area contributed by atoms with Crippen LogP contribution in [-0.2, 0) is 32.5 Å². The number of para-hydroxylation sites is 1. The molecule has 12 rings (SSSR count). The molecule has 9 aromatic rings. The quantitative estimate of drug-likeness (QED) is 0.175. The van der Waals surface area contributed by atoms with E-state index in [9.17, 15) is 0 Å². The number of benzene rings is 7. The van der Waals surface area contributed by atoms with Crippen LogP contribution in [-0.4, -0.2) is 7.28 Å². The van der Waals surface area contributed by atoms with Gasteiger partial charge in [0.05, 0.1) is 17.0 Å². The predicted octanol–water partition coefficient (Wildman–Crippen LogP) is 17.9. The minimum absolute atomic E-state index is 0.0197. The minimum Gasteiger partial charge on any atom is -0.469 e. The summed E-state index contributed by atoms with van der Waals surface area (Å²) < 4.78 is 14.6. The molecule has 2 aromatic heterocycles. The van der Waals surface area contributed by atoms with Crippen molar-refractivity contribution in [1.82, 2.24) is 0 Å². The standard InChI is InChI=1S/C68H73BN2O2/c1-63(2,3)41-25-29-54(46(34-41)40-20-16-15-17-21-40)71-55-38-47-44-22-18-19-23-56(44)72-61(47)58(59(55)69-62-60(71)48-37-51-52(39-57(48)73-62)68(13,14)33-32-67(51,11)12)45-27-24-42(64(4,5)6)35-53(45)70-43-26-28-49-50(36-43)66(9,10)31-30-65(49,7)8/h15-29,34-39,69-70H,30-33H2,1-14H3. The van der Waals surface area contributed by atoms with Crippen LogP contribution in [0, 0.1) is 0 Å². The third kappa shape index (κ3) is 7.69. The summed E-state index contributed by atoms with van der Waals surface area (Å²) in [4.78, 5) is 2.58. The van der Waals surface area contributed by atoms with Gasteiger partial charge in [0.2, 0.25) is 7.28 Å². The van der Waals surface area contributed by atoms with Crippen LogP contribution in [0.1, 0.15) is 156 Å². The highest BCUT2D eigenvalue weighted by Gasteiger charge is 2.42. The number of fused-ring (bicyclic) bond motifs is 9. The maximum atomic E-state index is 7.40. The number of anilines is 5. The molecule has 3 heterocycles. The molecule has 0 spiro atoms. The Morgan fingerprint density at radius 3 is 1.78 bits per heavy atom. The van der Waals surface area contributed by atoms with Crippen LogP contribution in [0.15, 0.2) is 136 Å². The second kappa shape index (κ2) is 16.0. The van der Waals surface area contributed by atoms with E-state index in [1.807, 2.05) is 0 Å². The van der Waals surface area contributed by atoms with Gasteiger partial charge in [-0.3, -0.25) is 0 Å². The first-order valence-electron chi connectivity index (χ1n) is 27.0. The summed E-state index contributed by atoms with van der Waals surface area (Å²) in [7, 11) is 0.596. The molecule has 73 heavy (non-hydrogen) atoms. The Morgan fingerprint density at radius 1 is 0.493 bits per heavy atom. The Labute approximate surface area is 434 Å². The highest BCUT2D eigenvalue weighted by atomic mass is 16.3. The lowest BCUT2D eigenvalue weighted by atomic mass is 9.60. The van der Waals surface area contributed by atoms with Gasteiger partial charge in [-0.25, -0.2) is 0 Å². The van der Waals surface area contributed by atoms with Gasteiger partial charge in [0.1, 0.15) is 16.7 Å². The summed E-state index contributed by atoms with van der Waals surface area (Å²) in [5, 5.41) is 7.48. The predicted molar refractivity (Wildman–Crippen MR) is 313 cm³/mol. The van der Waals surface area contributed by atoms with Crippen LogP contribution in [0.5, 0.6) is 0 Å². The molecule has 370 valence electrons. The van der Waals surface area contributed by atoms with Gasteiger partial charge in [0, 0.05) is 49.9 Å². The van der Waals surface area contributed by atoms with E-state index in [0.717, 1.165) is 97.4 Å². The van der Waals surface area contributed by atoms with Crippen molar-refractivity contribution in [2.24, 2.45) is 0 Å². The first kappa shape index (κ1) is 47.5. The number of furan rings is 2. The molecule has 2 aliphatic carbocycles. The zero-order chi connectivity index (χ0) is 51.4. The molecule has 0 bridgehead atoms. The summed E-state index contributed by atoms with van der Waals surface area (Å²) >= 11 is 0. The third-order valence-electron chi connectivity index (χ3n) is 17.7. The van der Waals surface area contributed by atoms with E-state index in [1.165, 1.54) is 56.4 Å². The van der Waals surface area contributed by atoms with Gasteiger partial charge < -0.3 is 19.1 Å². The topological polar surface area (TPSA) is 41.6 Å². The van der Waals surface area contributed by atoms with Crippen LogP contribution in [0.3, 0.4) is 0 Å². The van der Waals surface area contributed by atoms with Gasteiger partial charge >= 0.3 is 0 Å². The van der Waals surface area contributed by atoms with Gasteiger partial charge in [-0.1, -0.05) is 170 Å². The molecule has 0 fully saturated rings. The van der Waals surface area contributed by atoms with Gasteiger partial charge in [-0.2, -0.15) is 0 Å². The second-order valence-corrected chi connectivity index (χ2v) is 26.8. The lowest BCUT2D eigenvalue weighted by molar-refractivity contribution is 0.332. The maximum absolute atomic E-state index is 7.40. The van der Waals surface area contributed by atoms with Gasteiger partial charge in [-0.05, 0) is 157 Å². The number of hydrogen-bond donors (Lipinski definition) is 1. The van der Waals surface area contributed by atoms with E-state index in [1.54, 1.807) is 0 Å². The Hall–Kier alpha value is -6.46. The minimum atomic E-state index is -0.0864. The normalized spacial score (nSPS) is 17.5. The molecule has 0 saturated carbocycles. The van der Waals surface area contributed by atoms with Gasteiger partial charge in [0.25, 0.3) is 0 Å². The smallest absolute Gasteiger partial charge is 0.245 e. The van der Waals surface area contributed by atoms with Crippen molar-refractivity contribution in [1.29, 1.82) is 0 Å². The number of nitrogens with zero attached hydrogens (tertiary/aromatic N) is 1. The molecule has 5 heteroatoms. The van der Waals surface area contributed by atoms with Crippen molar-refractivity contribution in [2.45, 2.75) is 155 Å². The molecule has 1 N–H and O–H groups in total. The maximum Gasteiger partial charge on any atom is 0.245 e. The lowest BCUT2D eigenvalue weighted by Gasteiger charge is -2.42. The fourth-order valence-corrected chi connectivity index (χ4v) is 12.8. The Bertz CT molecular complexity index is 3710. The average molecular weight is 961 g/mol. The van der Waals surface area contributed by atoms with Crippen LogP contribution in [0.25, 0.3) is 55.2 Å². The molecule has 0 radical (unpaired) electrons. The molecule has 0 saturated heterocycles. The molecular weight excluding hydrogens is 888 g/mol. The number of nitrogens with one attached hydrogen (secondary N) is 1. The Kier molecular flexibility index (Phi) is 10.4. The van der Waals surface area contributed by atoms with Crippen molar-refractivity contribution < 1.29 is 8.83 Å². The summed E-state index contributed by atoms with van der Waals surface area (Å²) in [5.74, 6) is 0. The average Bonchev–Trinajstić information content (AvgIpc) is 3.91. The van der Waals surface area contributed by atoms with E-state index in [0.29, 0.717) is 7.28 Å². The van der Waals surface area contributed by atoms with Crippen LogP contribution in [0.2, 0.25) is 0 Å². The van der Waals surface area contributed by atoms with Gasteiger partial charge in [-0.15, -0.1) is 0 Å². The largest absolute Gasteiger partial charge is 0.469 e. The molecule has 1 aliphatic heterocycles. The van der Waals surface area contributed by atoms with Crippen molar-refractivity contribution in [3.63, 3.8) is 0 Å². The fourth-order valence-electron chi connectivity index (χ4n) is 12.8. The number of rotatable bonds is 5. The Morgan fingerprint density at radius 2 is 1.10 bits per heavy atom. The van der Waals surface area contributed by atoms with Crippen molar-refractivity contribution in [3.8, 4) is 22.3 Å².